The lowest BCUT2D eigenvalue weighted by molar-refractivity contribution is -0.189. The Balaban J connectivity index is 1.97. The van der Waals surface area contributed by atoms with E-state index in [9.17, 15) is 35.1 Å². The largest absolute Gasteiger partial charge is 0.494 e. The van der Waals surface area contributed by atoms with Gasteiger partial charge in [-0.1, -0.05) is 6.07 Å². The molecule has 0 unspecified atom stereocenters. The first kappa shape index (κ1) is 21.7. The number of hydrogen-bond donors (Lipinski definition) is 0. The summed E-state index contributed by atoms with van der Waals surface area (Å²) in [5.74, 6) is -5.76. The van der Waals surface area contributed by atoms with Crippen LogP contribution in [0.3, 0.4) is 0 Å². The lowest BCUT2D eigenvalue weighted by atomic mass is 10.1. The minimum Gasteiger partial charge on any atom is -0.494 e. The molecule has 0 amide bonds. The highest BCUT2D eigenvalue weighted by atomic mass is 19.4. The average Bonchev–Trinajstić information content (AvgIpc) is 2.59. The van der Waals surface area contributed by atoms with Crippen molar-refractivity contribution < 1.29 is 44.6 Å². The fourth-order valence-electron chi connectivity index (χ4n) is 2.83. The van der Waals surface area contributed by atoms with E-state index >= 15 is 0 Å². The second-order valence-corrected chi connectivity index (χ2v) is 6.12. The zero-order valence-corrected chi connectivity index (χ0v) is 15.1. The molecule has 0 radical (unpaired) electrons. The Morgan fingerprint density at radius 3 is 2.00 bits per heavy atom. The van der Waals surface area contributed by atoms with Gasteiger partial charge in [0, 0.05) is 17.5 Å². The Morgan fingerprint density at radius 2 is 1.43 bits per heavy atom. The first-order chi connectivity index (χ1) is 13.9. The summed E-state index contributed by atoms with van der Waals surface area (Å²) >= 11 is 0. The highest BCUT2D eigenvalue weighted by molar-refractivity contribution is 5.85. The second kappa shape index (κ2) is 7.66. The number of halogens is 8. The summed E-state index contributed by atoms with van der Waals surface area (Å²) in [5.41, 5.74) is -3.20. The van der Waals surface area contributed by atoms with E-state index in [1.54, 1.807) is 0 Å². The Kier molecular flexibility index (Phi) is 5.53. The lowest BCUT2D eigenvalue weighted by Crippen LogP contribution is -2.25. The SMILES string of the molecule is CCOc1cc(F)c(C(F)(F)Oc2ccc3c(F)c(C(F)(F)F)ccc3c2)c(F)c1. The van der Waals surface area contributed by atoms with Crippen LogP contribution in [-0.2, 0) is 12.3 Å². The van der Waals surface area contributed by atoms with Crippen LogP contribution >= 0.6 is 0 Å². The van der Waals surface area contributed by atoms with Gasteiger partial charge in [-0.2, -0.15) is 22.0 Å². The molecule has 0 aromatic heterocycles. The van der Waals surface area contributed by atoms with Gasteiger partial charge in [-0.25, -0.2) is 13.2 Å². The zero-order valence-electron chi connectivity index (χ0n) is 15.1. The lowest BCUT2D eigenvalue weighted by Gasteiger charge is -2.20. The standard InChI is InChI=1S/C20H12F8O2/c1-2-29-12-8-15(21)17(16(22)9-12)20(27,28)30-11-4-5-13-10(7-11)3-6-14(18(13)23)19(24,25)26/h3-9H,2H2,1H3. The van der Waals surface area contributed by atoms with Gasteiger partial charge >= 0.3 is 12.3 Å². The van der Waals surface area contributed by atoms with E-state index in [1.165, 1.54) is 6.92 Å². The number of hydrogen-bond acceptors (Lipinski definition) is 2. The van der Waals surface area contributed by atoms with E-state index in [1.807, 2.05) is 0 Å². The molecule has 0 spiro atoms. The van der Waals surface area contributed by atoms with Crippen LogP contribution in [0.4, 0.5) is 35.1 Å². The van der Waals surface area contributed by atoms with Crippen LogP contribution in [0.2, 0.25) is 0 Å². The highest BCUT2D eigenvalue weighted by Gasteiger charge is 2.41. The third-order valence-corrected chi connectivity index (χ3v) is 4.09. The monoisotopic (exact) mass is 436 g/mol. The first-order valence-electron chi connectivity index (χ1n) is 8.42. The summed E-state index contributed by atoms with van der Waals surface area (Å²) in [5, 5.41) is -0.666. The highest BCUT2D eigenvalue weighted by Crippen LogP contribution is 2.39. The summed E-state index contributed by atoms with van der Waals surface area (Å²) in [6.07, 6.45) is -9.42. The molecule has 0 atom stereocenters. The van der Waals surface area contributed by atoms with E-state index in [0.717, 1.165) is 24.3 Å². The molecule has 0 aliphatic heterocycles. The van der Waals surface area contributed by atoms with Crippen LogP contribution in [0.25, 0.3) is 10.8 Å². The molecule has 0 N–H and O–H groups in total. The second-order valence-electron chi connectivity index (χ2n) is 6.12. The maximum absolute atomic E-state index is 14.4. The van der Waals surface area contributed by atoms with Crippen LogP contribution < -0.4 is 9.47 Å². The molecule has 0 saturated heterocycles. The molecule has 0 aliphatic carbocycles. The van der Waals surface area contributed by atoms with Crippen LogP contribution in [-0.4, -0.2) is 6.61 Å². The maximum atomic E-state index is 14.4. The van der Waals surface area contributed by atoms with Crippen LogP contribution in [0.5, 0.6) is 11.5 Å². The molecule has 0 aliphatic rings. The van der Waals surface area contributed by atoms with Gasteiger partial charge in [0.1, 0.15) is 34.5 Å². The molecule has 0 heterocycles. The smallest absolute Gasteiger partial charge is 0.432 e. The Labute approximate surface area is 164 Å². The van der Waals surface area contributed by atoms with Crippen molar-refractivity contribution >= 4 is 10.8 Å². The third kappa shape index (κ3) is 4.12. The third-order valence-electron chi connectivity index (χ3n) is 4.09. The number of rotatable bonds is 5. The zero-order chi connectivity index (χ0) is 22.3. The van der Waals surface area contributed by atoms with Crippen molar-refractivity contribution in [1.29, 1.82) is 0 Å². The molecule has 160 valence electrons. The average molecular weight is 436 g/mol. The van der Waals surface area contributed by atoms with Crippen molar-refractivity contribution in [2.45, 2.75) is 19.2 Å². The van der Waals surface area contributed by atoms with Gasteiger partial charge in [-0.05, 0) is 36.6 Å². The molecule has 10 heteroatoms. The molecule has 2 nitrogen and oxygen atoms in total. The molecule has 3 rings (SSSR count). The van der Waals surface area contributed by atoms with Gasteiger partial charge in [-0.15, -0.1) is 0 Å². The minimum absolute atomic E-state index is 0.0504. The van der Waals surface area contributed by atoms with Gasteiger partial charge in [0.25, 0.3) is 0 Å². The molecule has 0 saturated carbocycles. The van der Waals surface area contributed by atoms with Crippen LogP contribution in [0, 0.1) is 17.5 Å². The number of ether oxygens (including phenoxy) is 2. The van der Waals surface area contributed by atoms with Gasteiger partial charge in [0.2, 0.25) is 0 Å². The van der Waals surface area contributed by atoms with E-state index in [4.69, 9.17) is 4.74 Å². The first-order valence-corrected chi connectivity index (χ1v) is 8.42. The minimum atomic E-state index is -4.94. The predicted molar refractivity (Wildman–Crippen MR) is 91.0 cm³/mol. The van der Waals surface area contributed by atoms with Gasteiger partial charge in [0.05, 0.1) is 12.2 Å². The van der Waals surface area contributed by atoms with Crippen molar-refractivity contribution in [1.82, 2.24) is 0 Å². The quantitative estimate of drug-likeness (QED) is 0.410. The van der Waals surface area contributed by atoms with E-state index in [0.29, 0.717) is 18.2 Å². The summed E-state index contributed by atoms with van der Waals surface area (Å²) in [6.45, 7) is 1.58. The summed E-state index contributed by atoms with van der Waals surface area (Å²) < 4.78 is 119. The van der Waals surface area contributed by atoms with Gasteiger partial charge < -0.3 is 9.47 Å². The summed E-state index contributed by atoms with van der Waals surface area (Å²) in [4.78, 5) is 0. The van der Waals surface area contributed by atoms with E-state index in [2.05, 4.69) is 4.74 Å². The molecule has 3 aromatic rings. The Hall–Kier alpha value is -3.04. The van der Waals surface area contributed by atoms with Crippen molar-refractivity contribution in [3.8, 4) is 11.5 Å². The van der Waals surface area contributed by atoms with Gasteiger partial charge in [0.15, 0.2) is 0 Å². The number of benzene rings is 3. The van der Waals surface area contributed by atoms with Crippen molar-refractivity contribution in [2.24, 2.45) is 0 Å². The van der Waals surface area contributed by atoms with Crippen molar-refractivity contribution in [2.75, 3.05) is 6.61 Å². The fraction of sp³-hybridized carbons (Fsp3) is 0.200. The number of fused-ring (bicyclic) bond motifs is 1. The topological polar surface area (TPSA) is 18.5 Å². The van der Waals surface area contributed by atoms with Crippen molar-refractivity contribution in [3.63, 3.8) is 0 Å². The Bertz CT molecular complexity index is 1070. The molecule has 0 fully saturated rings. The van der Waals surface area contributed by atoms with Crippen LogP contribution in [0.1, 0.15) is 18.1 Å². The van der Waals surface area contributed by atoms with Crippen LogP contribution in [0.15, 0.2) is 42.5 Å². The predicted octanol–water partition coefficient (Wildman–Crippen LogP) is 6.80. The molecular formula is C20H12F8O2. The Morgan fingerprint density at radius 1 is 0.800 bits per heavy atom. The summed E-state index contributed by atoms with van der Waals surface area (Å²) in [6, 6.07) is 4.84. The van der Waals surface area contributed by atoms with E-state index < -0.39 is 52.0 Å². The maximum Gasteiger partial charge on any atom is 0.432 e. The molecule has 30 heavy (non-hydrogen) atoms. The molecular weight excluding hydrogens is 424 g/mol. The molecule has 3 aromatic carbocycles. The number of alkyl halides is 5. The normalized spacial score (nSPS) is 12.3. The van der Waals surface area contributed by atoms with Crippen molar-refractivity contribution in [3.05, 3.63) is 71.0 Å². The molecule has 0 bridgehead atoms. The van der Waals surface area contributed by atoms with Gasteiger partial charge in [-0.3, -0.25) is 0 Å². The summed E-state index contributed by atoms with van der Waals surface area (Å²) in [7, 11) is 0. The van der Waals surface area contributed by atoms with E-state index in [-0.39, 0.29) is 17.7 Å². The fourth-order valence-corrected chi connectivity index (χ4v) is 2.83.